The number of nitrogens with one attached hydrogen (secondary N) is 1. The second kappa shape index (κ2) is 12.8. The fourth-order valence-corrected chi connectivity index (χ4v) is 6.43. The largest absolute Gasteiger partial charge is 0.573 e. The van der Waals surface area contributed by atoms with Crippen LogP contribution in [0.2, 0.25) is 0 Å². The van der Waals surface area contributed by atoms with Crippen molar-refractivity contribution in [1.29, 1.82) is 0 Å². The van der Waals surface area contributed by atoms with Gasteiger partial charge in [0.05, 0.1) is 17.8 Å². The third-order valence-corrected chi connectivity index (χ3v) is 8.93. The number of halogens is 3. The van der Waals surface area contributed by atoms with Gasteiger partial charge in [0.25, 0.3) is 0 Å². The van der Waals surface area contributed by atoms with Crippen molar-refractivity contribution >= 4 is 29.5 Å². The highest BCUT2D eigenvalue weighted by molar-refractivity contribution is 5.73. The second-order valence-corrected chi connectivity index (χ2v) is 13.8. The monoisotopic (exact) mass is 671 g/mol. The van der Waals surface area contributed by atoms with Gasteiger partial charge in [0, 0.05) is 76.1 Å². The molecule has 6 heterocycles. The Labute approximate surface area is 276 Å². The van der Waals surface area contributed by atoms with Crippen molar-refractivity contribution in [2.24, 2.45) is 5.41 Å². The number of carbonyl (C=O) groups excluding carboxylic acids is 2. The third kappa shape index (κ3) is 7.90. The Bertz CT molecular complexity index is 1630. The third-order valence-electron chi connectivity index (χ3n) is 8.93. The number of alkyl halides is 3. The summed E-state index contributed by atoms with van der Waals surface area (Å²) in [6.07, 6.45) is 2.83. The Morgan fingerprint density at radius 2 is 1.69 bits per heavy atom. The van der Waals surface area contributed by atoms with Crippen LogP contribution >= 0.6 is 0 Å². The number of amides is 2. The summed E-state index contributed by atoms with van der Waals surface area (Å²) in [5.74, 6) is 1.19. The molecule has 0 aliphatic carbocycles. The Kier molecular flexibility index (Phi) is 8.85. The van der Waals surface area contributed by atoms with Crippen molar-refractivity contribution in [3.63, 3.8) is 0 Å². The van der Waals surface area contributed by atoms with Gasteiger partial charge in [-0.1, -0.05) is 0 Å². The number of hydrogen-bond donors (Lipinski definition) is 1. The zero-order valence-electron chi connectivity index (χ0n) is 27.5. The van der Waals surface area contributed by atoms with E-state index in [4.69, 9.17) is 9.72 Å². The van der Waals surface area contributed by atoms with Crippen LogP contribution in [-0.4, -0.2) is 97.8 Å². The van der Waals surface area contributed by atoms with Crippen molar-refractivity contribution in [3.05, 3.63) is 36.8 Å². The molecule has 0 radical (unpaired) electrons. The number of piperidine rings is 2. The number of rotatable bonds is 6. The summed E-state index contributed by atoms with van der Waals surface area (Å²) in [4.78, 5) is 43.8. The molecule has 13 nitrogen and oxygen atoms in total. The molecule has 1 spiro atoms. The minimum Gasteiger partial charge on any atom is -0.444 e. The van der Waals surface area contributed by atoms with Gasteiger partial charge in [-0.3, -0.25) is 9.48 Å². The van der Waals surface area contributed by atoms with E-state index in [0.717, 1.165) is 51.2 Å². The first-order valence-electron chi connectivity index (χ1n) is 16.0. The average Bonchev–Trinajstić information content (AvgIpc) is 3.49. The molecule has 258 valence electrons. The summed E-state index contributed by atoms with van der Waals surface area (Å²) in [5.41, 5.74) is 0.197. The predicted molar refractivity (Wildman–Crippen MR) is 170 cm³/mol. The Balaban J connectivity index is 1.20. The lowest BCUT2D eigenvalue weighted by molar-refractivity contribution is -0.274. The summed E-state index contributed by atoms with van der Waals surface area (Å²) >= 11 is 0. The van der Waals surface area contributed by atoms with E-state index in [1.54, 1.807) is 24.1 Å². The van der Waals surface area contributed by atoms with Gasteiger partial charge in [-0.25, -0.2) is 19.7 Å². The predicted octanol–water partition coefficient (Wildman–Crippen LogP) is 5.40. The molecular weight excluding hydrogens is 631 g/mol. The molecule has 3 aromatic rings. The second-order valence-electron chi connectivity index (χ2n) is 13.8. The summed E-state index contributed by atoms with van der Waals surface area (Å²) in [6, 6.07) is 4.09. The molecule has 0 bridgehead atoms. The molecule has 0 aromatic carbocycles. The lowest BCUT2D eigenvalue weighted by Crippen LogP contribution is -2.61. The molecule has 1 N–H and O–H groups in total. The normalized spacial score (nSPS) is 18.4. The number of carbonyl (C=O) groups is 2. The molecule has 0 saturated carbocycles. The van der Waals surface area contributed by atoms with Gasteiger partial charge in [-0.05, 0) is 52.5 Å². The maximum atomic E-state index is 12.9. The number of aromatic nitrogens is 5. The van der Waals surface area contributed by atoms with Gasteiger partial charge in [-0.2, -0.15) is 5.10 Å². The van der Waals surface area contributed by atoms with Gasteiger partial charge in [0.15, 0.2) is 5.82 Å². The first-order valence-corrected chi connectivity index (χ1v) is 16.0. The standard InChI is InChI=1S/C32H40F3N9O4/c1-21(45)41-13-8-31(9-14-41)19-43(20-31)27-16-26(38-25-15-24(5-10-36-25)47-32(33,34)35)39-28(40-27)22-17-37-44(18-22)23-6-11-42(12-7-23)29(46)48-30(2,3)4/h5,10,15-18,23H,6-9,11-14,19-20H2,1-4H3,(H,36,38,39,40). The zero-order chi connectivity index (χ0) is 34.3. The minimum atomic E-state index is -4.84. The number of pyridine rings is 1. The summed E-state index contributed by atoms with van der Waals surface area (Å²) < 4.78 is 50.0. The number of likely N-dealkylation sites (tertiary alicyclic amines) is 2. The van der Waals surface area contributed by atoms with Gasteiger partial charge in [-0.15, -0.1) is 13.2 Å². The number of hydrogen-bond acceptors (Lipinski definition) is 10. The van der Waals surface area contributed by atoms with E-state index in [1.807, 2.05) is 36.5 Å². The molecule has 3 aromatic heterocycles. The average molecular weight is 672 g/mol. The van der Waals surface area contributed by atoms with E-state index < -0.39 is 17.7 Å². The molecule has 16 heteroatoms. The number of anilines is 3. The van der Waals surface area contributed by atoms with Crippen LogP contribution in [0.4, 0.5) is 35.4 Å². The minimum absolute atomic E-state index is 0.0647. The summed E-state index contributed by atoms with van der Waals surface area (Å²) in [6.45, 7) is 11.2. The quantitative estimate of drug-likeness (QED) is 0.364. The van der Waals surface area contributed by atoms with Gasteiger partial charge < -0.3 is 29.5 Å². The van der Waals surface area contributed by atoms with Crippen molar-refractivity contribution in [1.82, 2.24) is 34.5 Å². The highest BCUT2D eigenvalue weighted by Gasteiger charge is 2.46. The van der Waals surface area contributed by atoms with E-state index in [0.29, 0.717) is 49.0 Å². The zero-order valence-corrected chi connectivity index (χ0v) is 27.5. The molecule has 3 aliphatic heterocycles. The summed E-state index contributed by atoms with van der Waals surface area (Å²) in [5, 5.41) is 7.62. The highest BCUT2D eigenvalue weighted by atomic mass is 19.4. The highest BCUT2D eigenvalue weighted by Crippen LogP contribution is 2.43. The van der Waals surface area contributed by atoms with Crippen LogP contribution in [0.1, 0.15) is 59.4 Å². The Morgan fingerprint density at radius 1 is 0.979 bits per heavy atom. The summed E-state index contributed by atoms with van der Waals surface area (Å²) in [7, 11) is 0. The smallest absolute Gasteiger partial charge is 0.444 e. The van der Waals surface area contributed by atoms with E-state index in [9.17, 15) is 22.8 Å². The molecule has 3 aliphatic rings. The lowest BCUT2D eigenvalue weighted by atomic mass is 9.72. The SMILES string of the molecule is CC(=O)N1CCC2(CC1)CN(c1cc(Nc3cc(OC(F)(F)F)ccn3)nc(-c3cnn(C4CCN(C(=O)OC(C)(C)C)CC4)c3)n1)C2. The van der Waals surface area contributed by atoms with Crippen molar-refractivity contribution in [2.75, 3.05) is 49.5 Å². The van der Waals surface area contributed by atoms with Crippen LogP contribution in [0.25, 0.3) is 11.4 Å². The fourth-order valence-electron chi connectivity index (χ4n) is 6.43. The van der Waals surface area contributed by atoms with Crippen molar-refractivity contribution in [3.8, 4) is 17.1 Å². The maximum Gasteiger partial charge on any atom is 0.573 e. The molecule has 48 heavy (non-hydrogen) atoms. The van der Waals surface area contributed by atoms with Gasteiger partial charge in [0.1, 0.15) is 28.8 Å². The molecule has 3 fully saturated rings. The maximum absolute atomic E-state index is 12.9. The molecule has 0 atom stereocenters. The van der Waals surface area contributed by atoms with Crippen molar-refractivity contribution < 1.29 is 32.2 Å². The lowest BCUT2D eigenvalue weighted by Gasteiger charge is -2.54. The fraction of sp³-hybridized carbons (Fsp3) is 0.562. The molecule has 6 rings (SSSR count). The van der Waals surface area contributed by atoms with E-state index in [1.165, 1.54) is 6.20 Å². The molecule has 3 saturated heterocycles. The Morgan fingerprint density at radius 3 is 2.33 bits per heavy atom. The van der Waals surface area contributed by atoms with Crippen LogP contribution < -0.4 is 15.0 Å². The van der Waals surface area contributed by atoms with Gasteiger partial charge >= 0.3 is 12.5 Å². The van der Waals surface area contributed by atoms with Crippen LogP contribution in [0.5, 0.6) is 5.75 Å². The van der Waals surface area contributed by atoms with Crippen LogP contribution in [0, 0.1) is 5.41 Å². The van der Waals surface area contributed by atoms with Crippen molar-refractivity contribution in [2.45, 2.75) is 71.4 Å². The molecule has 0 unspecified atom stereocenters. The van der Waals surface area contributed by atoms with Crippen LogP contribution in [0.15, 0.2) is 36.8 Å². The van der Waals surface area contributed by atoms with E-state index >= 15 is 0 Å². The molecule has 2 amide bonds. The van der Waals surface area contributed by atoms with E-state index in [-0.39, 0.29) is 29.3 Å². The number of nitrogens with zero attached hydrogens (tertiary/aromatic N) is 8. The van der Waals surface area contributed by atoms with Gasteiger partial charge in [0.2, 0.25) is 5.91 Å². The molecular formula is C32H40F3N9O4. The van der Waals surface area contributed by atoms with Crippen LogP contribution in [-0.2, 0) is 9.53 Å². The topological polar surface area (TPSA) is 131 Å². The van der Waals surface area contributed by atoms with Crippen LogP contribution in [0.3, 0.4) is 0 Å². The Hall–Kier alpha value is -4.63. The number of ether oxygens (including phenoxy) is 2. The van der Waals surface area contributed by atoms with E-state index in [2.05, 4.69) is 30.0 Å². The first-order chi connectivity index (χ1) is 22.6. The first kappa shape index (κ1) is 33.3.